The Morgan fingerprint density at radius 3 is 2.69 bits per heavy atom. The van der Waals surface area contributed by atoms with E-state index in [9.17, 15) is 5.11 Å². The van der Waals surface area contributed by atoms with E-state index in [1.54, 1.807) is 13.1 Å². The van der Waals surface area contributed by atoms with Gasteiger partial charge in [0, 0.05) is 12.5 Å². The Balaban J connectivity index is 3.03. The molecule has 1 heterocycles. The molecule has 1 aromatic rings. The fourth-order valence-electron chi connectivity index (χ4n) is 1.31. The van der Waals surface area contributed by atoms with Gasteiger partial charge in [-0.3, -0.25) is 4.68 Å². The molecule has 3 nitrogen and oxygen atoms in total. The molecule has 0 aliphatic heterocycles. The fraction of sp³-hybridized carbons (Fsp3) is 0.667. The number of aromatic nitrogens is 2. The maximum atomic E-state index is 9.48. The van der Waals surface area contributed by atoms with Gasteiger partial charge in [0.25, 0.3) is 0 Å². The third kappa shape index (κ3) is 2.11. The van der Waals surface area contributed by atoms with Gasteiger partial charge in [0.2, 0.25) is 0 Å². The van der Waals surface area contributed by atoms with Crippen molar-refractivity contribution >= 4 is 15.9 Å². The highest BCUT2D eigenvalue weighted by Crippen LogP contribution is 2.26. The van der Waals surface area contributed by atoms with Crippen LogP contribution in [-0.2, 0) is 6.54 Å². The van der Waals surface area contributed by atoms with Crippen molar-refractivity contribution in [2.24, 2.45) is 0 Å². The molecule has 1 N–H and O–H groups in total. The van der Waals surface area contributed by atoms with Crippen LogP contribution in [0.25, 0.3) is 0 Å². The second-order valence-electron chi connectivity index (χ2n) is 3.22. The van der Waals surface area contributed by atoms with Crippen LogP contribution in [0.2, 0.25) is 0 Å². The summed E-state index contributed by atoms with van der Waals surface area (Å²) in [7, 11) is 0. The normalized spacial score (nSPS) is 15.8. The summed E-state index contributed by atoms with van der Waals surface area (Å²) in [4.78, 5) is 0. The first-order valence-electron chi connectivity index (χ1n) is 4.47. The average molecular weight is 247 g/mol. The molecule has 0 radical (unpaired) electrons. The predicted molar refractivity (Wildman–Crippen MR) is 55.7 cm³/mol. The van der Waals surface area contributed by atoms with E-state index in [4.69, 9.17) is 0 Å². The van der Waals surface area contributed by atoms with Gasteiger partial charge in [0.15, 0.2) is 0 Å². The van der Waals surface area contributed by atoms with Crippen LogP contribution in [0.1, 0.15) is 32.4 Å². The van der Waals surface area contributed by atoms with Gasteiger partial charge in [-0.25, -0.2) is 0 Å². The van der Waals surface area contributed by atoms with E-state index in [1.165, 1.54) is 0 Å². The molecule has 0 saturated heterocycles. The highest BCUT2D eigenvalue weighted by Gasteiger charge is 2.19. The third-order valence-corrected chi connectivity index (χ3v) is 2.90. The van der Waals surface area contributed by atoms with Gasteiger partial charge in [0.1, 0.15) is 0 Å². The van der Waals surface area contributed by atoms with E-state index in [1.807, 2.05) is 18.5 Å². The number of hydrogen-bond acceptors (Lipinski definition) is 2. The molecule has 2 unspecified atom stereocenters. The predicted octanol–water partition coefficient (Wildman–Crippen LogP) is 2.15. The molecular formula is C9H15BrN2O. The Bertz CT molecular complexity index is 283. The summed E-state index contributed by atoms with van der Waals surface area (Å²) < 4.78 is 2.88. The Kier molecular flexibility index (Phi) is 3.50. The molecule has 0 saturated carbocycles. The number of halogens is 1. The molecule has 13 heavy (non-hydrogen) atoms. The average Bonchev–Trinajstić information content (AvgIpc) is 2.45. The van der Waals surface area contributed by atoms with Crippen LogP contribution < -0.4 is 0 Å². The van der Waals surface area contributed by atoms with Gasteiger partial charge in [-0.05, 0) is 29.8 Å². The van der Waals surface area contributed by atoms with Crippen LogP contribution in [-0.4, -0.2) is 21.0 Å². The van der Waals surface area contributed by atoms with Gasteiger partial charge in [-0.1, -0.05) is 6.92 Å². The lowest BCUT2D eigenvalue weighted by molar-refractivity contribution is 0.164. The number of hydrogen-bond donors (Lipinski definition) is 1. The Hall–Kier alpha value is -0.350. The molecule has 0 spiro atoms. The smallest absolute Gasteiger partial charge is 0.0635 e. The molecule has 4 heteroatoms. The molecule has 0 bridgehead atoms. The van der Waals surface area contributed by atoms with Gasteiger partial charge >= 0.3 is 0 Å². The summed E-state index contributed by atoms with van der Waals surface area (Å²) in [5, 5.41) is 13.7. The van der Waals surface area contributed by atoms with Crippen LogP contribution >= 0.6 is 15.9 Å². The third-order valence-electron chi connectivity index (χ3n) is 2.29. The minimum Gasteiger partial charge on any atom is -0.393 e. The van der Waals surface area contributed by atoms with E-state index in [2.05, 4.69) is 21.0 Å². The molecule has 2 atom stereocenters. The minimum absolute atomic E-state index is 0.108. The van der Waals surface area contributed by atoms with Crippen LogP contribution in [0.5, 0.6) is 0 Å². The number of aryl methyl sites for hydroxylation is 1. The van der Waals surface area contributed by atoms with E-state index in [0.29, 0.717) is 0 Å². The van der Waals surface area contributed by atoms with Crippen molar-refractivity contribution in [3.63, 3.8) is 0 Å². The maximum absolute atomic E-state index is 9.48. The lowest BCUT2D eigenvalue weighted by Gasteiger charge is -2.16. The van der Waals surface area contributed by atoms with Crippen molar-refractivity contribution in [1.29, 1.82) is 0 Å². The zero-order valence-electron chi connectivity index (χ0n) is 8.16. The first-order valence-corrected chi connectivity index (χ1v) is 5.26. The van der Waals surface area contributed by atoms with Crippen molar-refractivity contribution < 1.29 is 5.11 Å². The molecule has 0 amide bonds. The topological polar surface area (TPSA) is 38.0 Å². The lowest BCUT2D eigenvalue weighted by atomic mass is 10.0. The van der Waals surface area contributed by atoms with Crippen molar-refractivity contribution in [1.82, 2.24) is 9.78 Å². The molecule has 0 aromatic carbocycles. The minimum atomic E-state index is -0.349. The first-order chi connectivity index (χ1) is 6.07. The SMILES string of the molecule is CCn1ncc(Br)c1C(C)C(C)O. The fourth-order valence-corrected chi connectivity index (χ4v) is 1.96. The van der Waals surface area contributed by atoms with Crippen LogP contribution in [0.4, 0.5) is 0 Å². The number of rotatable bonds is 3. The van der Waals surface area contributed by atoms with Gasteiger partial charge in [0.05, 0.1) is 22.5 Å². The molecule has 0 fully saturated rings. The van der Waals surface area contributed by atoms with Crippen LogP contribution in [0.15, 0.2) is 10.7 Å². The maximum Gasteiger partial charge on any atom is 0.0635 e. The highest BCUT2D eigenvalue weighted by atomic mass is 79.9. The number of aliphatic hydroxyl groups excluding tert-OH is 1. The summed E-state index contributed by atoms with van der Waals surface area (Å²) in [6.45, 7) is 6.67. The molecule has 0 aliphatic rings. The summed E-state index contributed by atoms with van der Waals surface area (Å²) in [5.41, 5.74) is 1.07. The Morgan fingerprint density at radius 2 is 2.23 bits per heavy atom. The summed E-state index contributed by atoms with van der Waals surface area (Å²) in [6.07, 6.45) is 1.43. The zero-order chi connectivity index (χ0) is 10.0. The molecule has 74 valence electrons. The largest absolute Gasteiger partial charge is 0.393 e. The van der Waals surface area contributed by atoms with E-state index in [0.717, 1.165) is 16.7 Å². The summed E-state index contributed by atoms with van der Waals surface area (Å²) in [5.74, 6) is 0.108. The summed E-state index contributed by atoms with van der Waals surface area (Å²) in [6, 6.07) is 0. The first kappa shape index (κ1) is 10.7. The second-order valence-corrected chi connectivity index (χ2v) is 4.08. The van der Waals surface area contributed by atoms with Crippen molar-refractivity contribution in [3.8, 4) is 0 Å². The van der Waals surface area contributed by atoms with E-state index < -0.39 is 0 Å². The quantitative estimate of drug-likeness (QED) is 0.888. The lowest BCUT2D eigenvalue weighted by Crippen LogP contribution is -2.16. The Morgan fingerprint density at radius 1 is 1.62 bits per heavy atom. The van der Waals surface area contributed by atoms with Gasteiger partial charge in [-0.15, -0.1) is 0 Å². The van der Waals surface area contributed by atoms with Crippen LogP contribution in [0.3, 0.4) is 0 Å². The van der Waals surface area contributed by atoms with E-state index in [-0.39, 0.29) is 12.0 Å². The van der Waals surface area contributed by atoms with Gasteiger partial charge in [-0.2, -0.15) is 5.10 Å². The number of nitrogens with zero attached hydrogens (tertiary/aromatic N) is 2. The van der Waals surface area contributed by atoms with Crippen LogP contribution in [0, 0.1) is 0 Å². The molecule has 0 aliphatic carbocycles. The van der Waals surface area contributed by atoms with Crippen molar-refractivity contribution in [2.45, 2.75) is 39.3 Å². The number of aliphatic hydroxyl groups is 1. The molecule has 1 aromatic heterocycles. The monoisotopic (exact) mass is 246 g/mol. The highest BCUT2D eigenvalue weighted by molar-refractivity contribution is 9.10. The van der Waals surface area contributed by atoms with Crippen molar-refractivity contribution in [2.75, 3.05) is 0 Å². The standard InChI is InChI=1S/C9H15BrN2O/c1-4-12-9(6(2)7(3)13)8(10)5-11-12/h5-7,13H,4H2,1-3H3. The van der Waals surface area contributed by atoms with Gasteiger partial charge < -0.3 is 5.11 Å². The Labute approximate surface area is 86.9 Å². The van der Waals surface area contributed by atoms with E-state index >= 15 is 0 Å². The van der Waals surface area contributed by atoms with Crippen molar-refractivity contribution in [3.05, 3.63) is 16.4 Å². The molecule has 1 rings (SSSR count). The zero-order valence-corrected chi connectivity index (χ0v) is 9.74. The molecular weight excluding hydrogens is 232 g/mol. The summed E-state index contributed by atoms with van der Waals surface area (Å²) >= 11 is 3.43. The second kappa shape index (κ2) is 4.24.